The van der Waals surface area contributed by atoms with Gasteiger partial charge in [0.15, 0.2) is 11.5 Å². The van der Waals surface area contributed by atoms with Crippen molar-refractivity contribution in [3.8, 4) is 5.75 Å². The molecule has 0 aliphatic heterocycles. The van der Waals surface area contributed by atoms with Crippen molar-refractivity contribution in [1.82, 2.24) is 10.0 Å². The highest BCUT2D eigenvalue weighted by molar-refractivity contribution is 6.44. The number of hydrogen-bond donors (Lipinski definition) is 4. The van der Waals surface area contributed by atoms with Crippen molar-refractivity contribution in [2.24, 2.45) is 5.16 Å². The van der Waals surface area contributed by atoms with E-state index in [4.69, 9.17) is 10.3 Å². The van der Waals surface area contributed by atoms with E-state index in [0.29, 0.717) is 10.9 Å². The maximum atomic E-state index is 11.2. The molecule has 16 heavy (non-hydrogen) atoms. The molecule has 0 fully saturated rings. The lowest BCUT2D eigenvalue weighted by atomic mass is 10.2. The number of hydrogen-bond acceptors (Lipinski definition) is 6. The number of likely N-dealkylation sites (N-methyl/N-ethyl adjacent to an activating group) is 1. The maximum absolute atomic E-state index is 11.2. The van der Waals surface area contributed by atoms with Gasteiger partial charge in [-0.3, -0.25) is 9.59 Å². The summed E-state index contributed by atoms with van der Waals surface area (Å²) < 4.78 is 0.307. The van der Waals surface area contributed by atoms with E-state index >= 15 is 0 Å². The Morgan fingerprint density at radius 3 is 2.69 bits per heavy atom. The number of rotatable bonds is 2. The van der Waals surface area contributed by atoms with E-state index in [9.17, 15) is 14.8 Å². The molecule has 1 amide bonds. The minimum Gasteiger partial charge on any atom is -0.503 e. The lowest BCUT2D eigenvalue weighted by molar-refractivity contribution is -0.114. The fourth-order valence-electron chi connectivity index (χ4n) is 1.02. The van der Waals surface area contributed by atoms with Gasteiger partial charge in [0.1, 0.15) is 5.69 Å². The van der Waals surface area contributed by atoms with Crippen LogP contribution >= 0.6 is 0 Å². The first kappa shape index (κ1) is 11.6. The predicted molar refractivity (Wildman–Crippen MR) is 51.9 cm³/mol. The summed E-state index contributed by atoms with van der Waals surface area (Å²) in [5, 5.41) is 31.7. The average molecular weight is 227 g/mol. The monoisotopic (exact) mass is 227 g/mol. The first-order chi connectivity index (χ1) is 7.51. The summed E-state index contributed by atoms with van der Waals surface area (Å²) in [5.74, 6) is -1.49. The fourth-order valence-corrected chi connectivity index (χ4v) is 1.02. The molecule has 1 rings (SSSR count). The van der Waals surface area contributed by atoms with Gasteiger partial charge in [-0.15, -0.1) is 0 Å². The highest BCUT2D eigenvalue weighted by Crippen LogP contribution is 2.04. The number of pyridine rings is 1. The van der Waals surface area contributed by atoms with Crippen LogP contribution in [0.3, 0.4) is 0 Å². The number of nitrogens with one attached hydrogen (secondary N) is 1. The van der Waals surface area contributed by atoms with E-state index in [1.54, 1.807) is 0 Å². The van der Waals surface area contributed by atoms with Crippen LogP contribution < -0.4 is 10.7 Å². The molecule has 8 nitrogen and oxygen atoms in total. The van der Waals surface area contributed by atoms with E-state index in [-0.39, 0.29) is 5.69 Å². The molecular formula is C8H9N3O5. The standard InChI is InChI=1S/C8H9N3O5/c1-9-8(14)7(10-15)4-2-5(12)6(13)3-11(4)16/h2-3,13,15-16H,1H3,(H,9,14). The molecule has 4 N–H and O–H groups in total. The van der Waals surface area contributed by atoms with Gasteiger partial charge >= 0.3 is 0 Å². The molecule has 0 aliphatic carbocycles. The summed E-state index contributed by atoms with van der Waals surface area (Å²) in [6.45, 7) is 0. The van der Waals surface area contributed by atoms with Crippen LogP contribution in [-0.4, -0.2) is 38.9 Å². The molecule has 0 atom stereocenters. The second kappa shape index (κ2) is 4.34. The molecule has 0 bridgehead atoms. The van der Waals surface area contributed by atoms with Gasteiger partial charge in [-0.25, -0.2) is 0 Å². The number of amides is 1. The van der Waals surface area contributed by atoms with Gasteiger partial charge in [-0.1, -0.05) is 5.16 Å². The Balaban J connectivity index is 3.38. The van der Waals surface area contributed by atoms with Crippen LogP contribution in [0.4, 0.5) is 0 Å². The Bertz CT molecular complexity index is 505. The highest BCUT2D eigenvalue weighted by Gasteiger charge is 2.18. The van der Waals surface area contributed by atoms with Crippen LogP contribution in [0, 0.1) is 0 Å². The third-order valence-electron chi connectivity index (χ3n) is 1.80. The lowest BCUT2D eigenvalue weighted by Crippen LogP contribution is -2.31. The molecule has 0 saturated carbocycles. The molecule has 1 heterocycles. The third kappa shape index (κ3) is 1.95. The average Bonchev–Trinajstić information content (AvgIpc) is 2.26. The Labute approximate surface area is 89.0 Å². The van der Waals surface area contributed by atoms with Crippen molar-refractivity contribution >= 4 is 11.6 Å². The van der Waals surface area contributed by atoms with Gasteiger partial charge in [0, 0.05) is 13.1 Å². The normalized spacial score (nSPS) is 11.2. The summed E-state index contributed by atoms with van der Waals surface area (Å²) in [6.07, 6.45) is 0.686. The van der Waals surface area contributed by atoms with E-state index in [0.717, 1.165) is 6.07 Å². The van der Waals surface area contributed by atoms with Crippen molar-refractivity contribution in [3.05, 3.63) is 28.2 Å². The van der Waals surface area contributed by atoms with Crippen molar-refractivity contribution in [2.45, 2.75) is 0 Å². The first-order valence-corrected chi connectivity index (χ1v) is 4.10. The molecule has 86 valence electrons. The predicted octanol–water partition coefficient (Wildman–Crippen LogP) is -1.28. The smallest absolute Gasteiger partial charge is 0.275 e. The highest BCUT2D eigenvalue weighted by atomic mass is 16.5. The molecule has 0 saturated heterocycles. The van der Waals surface area contributed by atoms with Crippen LogP contribution in [0.1, 0.15) is 5.69 Å². The van der Waals surface area contributed by atoms with Crippen LogP contribution in [-0.2, 0) is 4.79 Å². The minimum absolute atomic E-state index is 0.307. The van der Waals surface area contributed by atoms with E-state index in [1.807, 2.05) is 0 Å². The molecule has 0 unspecified atom stereocenters. The summed E-state index contributed by atoms with van der Waals surface area (Å²) in [4.78, 5) is 22.3. The third-order valence-corrected chi connectivity index (χ3v) is 1.80. The van der Waals surface area contributed by atoms with Gasteiger partial charge in [0.25, 0.3) is 5.91 Å². The summed E-state index contributed by atoms with van der Waals surface area (Å²) in [6, 6.07) is 0.764. The van der Waals surface area contributed by atoms with E-state index < -0.39 is 22.8 Å². The van der Waals surface area contributed by atoms with E-state index in [2.05, 4.69) is 10.5 Å². The van der Waals surface area contributed by atoms with Crippen molar-refractivity contribution in [2.75, 3.05) is 7.05 Å². The summed E-state index contributed by atoms with van der Waals surface area (Å²) in [5.41, 5.74) is -1.71. The fraction of sp³-hybridized carbons (Fsp3) is 0.125. The molecule has 0 radical (unpaired) electrons. The molecule has 1 aromatic heterocycles. The van der Waals surface area contributed by atoms with Crippen molar-refractivity contribution in [3.63, 3.8) is 0 Å². The Kier molecular flexibility index (Phi) is 3.14. The minimum atomic E-state index is -0.814. The number of nitrogens with zero attached hydrogens (tertiary/aromatic N) is 2. The quantitative estimate of drug-likeness (QED) is 0.217. The van der Waals surface area contributed by atoms with Gasteiger partial charge in [-0.2, -0.15) is 4.73 Å². The summed E-state index contributed by atoms with van der Waals surface area (Å²) in [7, 11) is 1.29. The van der Waals surface area contributed by atoms with Crippen LogP contribution in [0.5, 0.6) is 5.75 Å². The van der Waals surface area contributed by atoms with Gasteiger partial charge in [0.2, 0.25) is 5.43 Å². The molecule has 1 aromatic rings. The Morgan fingerprint density at radius 2 is 2.19 bits per heavy atom. The maximum Gasteiger partial charge on any atom is 0.275 e. The number of aromatic hydroxyl groups is 1. The SMILES string of the molecule is CNC(=O)C(=NO)c1cc(=O)c(O)cn1O. The number of carbonyl (C=O) groups is 1. The van der Waals surface area contributed by atoms with Crippen molar-refractivity contribution in [1.29, 1.82) is 0 Å². The zero-order valence-corrected chi connectivity index (χ0v) is 8.21. The number of carbonyl (C=O) groups excluding carboxylic acids is 1. The second-order valence-corrected chi connectivity index (χ2v) is 2.78. The zero-order valence-electron chi connectivity index (χ0n) is 8.21. The lowest BCUT2D eigenvalue weighted by Gasteiger charge is -2.07. The first-order valence-electron chi connectivity index (χ1n) is 4.10. The van der Waals surface area contributed by atoms with Gasteiger partial charge in [-0.05, 0) is 0 Å². The molecule has 0 spiro atoms. The molecular weight excluding hydrogens is 218 g/mol. The van der Waals surface area contributed by atoms with Crippen LogP contribution in [0.2, 0.25) is 0 Å². The van der Waals surface area contributed by atoms with Crippen LogP contribution in [0.15, 0.2) is 22.2 Å². The van der Waals surface area contributed by atoms with Gasteiger partial charge in [0.05, 0.1) is 6.20 Å². The number of oxime groups is 1. The van der Waals surface area contributed by atoms with E-state index in [1.165, 1.54) is 7.05 Å². The molecule has 0 aliphatic rings. The van der Waals surface area contributed by atoms with Crippen molar-refractivity contribution < 1.29 is 20.3 Å². The zero-order chi connectivity index (χ0) is 12.3. The van der Waals surface area contributed by atoms with Crippen LogP contribution in [0.25, 0.3) is 0 Å². The van der Waals surface area contributed by atoms with Gasteiger partial charge < -0.3 is 20.8 Å². The molecule has 8 heteroatoms. The largest absolute Gasteiger partial charge is 0.503 e. The molecule has 0 aromatic carbocycles. The Morgan fingerprint density at radius 1 is 1.56 bits per heavy atom. The second-order valence-electron chi connectivity index (χ2n) is 2.78. The topological polar surface area (TPSA) is 124 Å². The Hall–Kier alpha value is -2.51. The number of aromatic nitrogens is 1. The summed E-state index contributed by atoms with van der Waals surface area (Å²) >= 11 is 0.